The Bertz CT molecular complexity index is 439. The second kappa shape index (κ2) is 6.16. The first-order valence-corrected chi connectivity index (χ1v) is 6.89. The van der Waals surface area contributed by atoms with Crippen molar-refractivity contribution in [1.29, 1.82) is 0 Å². The third kappa shape index (κ3) is 7.02. The molecule has 0 atom stereocenters. The molecule has 0 aromatic heterocycles. The molecule has 20 heavy (non-hydrogen) atoms. The summed E-state index contributed by atoms with van der Waals surface area (Å²) < 4.78 is 5.19. The molecule has 112 valence electrons. The van der Waals surface area contributed by atoms with Crippen LogP contribution in [0.3, 0.4) is 0 Å². The summed E-state index contributed by atoms with van der Waals surface area (Å²) in [6.45, 7) is 12.4. The predicted molar refractivity (Wildman–Crippen MR) is 82.9 cm³/mol. The van der Waals surface area contributed by atoms with Crippen LogP contribution in [0, 0.1) is 0 Å². The summed E-state index contributed by atoms with van der Waals surface area (Å²) in [6.07, 6.45) is -0.394. The van der Waals surface area contributed by atoms with Gasteiger partial charge in [-0.15, -0.1) is 0 Å². The van der Waals surface area contributed by atoms with E-state index in [9.17, 15) is 4.79 Å². The highest BCUT2D eigenvalue weighted by Gasteiger charge is 2.15. The van der Waals surface area contributed by atoms with Gasteiger partial charge >= 0.3 is 6.09 Å². The molecule has 4 nitrogen and oxygen atoms in total. The second-order valence-corrected chi connectivity index (χ2v) is 6.93. The Labute approximate surface area is 121 Å². The maximum absolute atomic E-state index is 11.5. The molecule has 1 aromatic carbocycles. The van der Waals surface area contributed by atoms with Crippen molar-refractivity contribution in [2.24, 2.45) is 0 Å². The molecular formula is C16H26N2O2. The topological polar surface area (TPSA) is 50.4 Å². The fourth-order valence-electron chi connectivity index (χ4n) is 1.63. The maximum atomic E-state index is 11.5. The third-order valence-electron chi connectivity index (χ3n) is 2.31. The van der Waals surface area contributed by atoms with Crippen LogP contribution in [0.25, 0.3) is 0 Å². The SMILES string of the molecule is CC(C)(C)Nc1ccc(CNC(=O)OC(C)(C)C)cc1. The Morgan fingerprint density at radius 2 is 1.60 bits per heavy atom. The zero-order valence-corrected chi connectivity index (χ0v) is 13.3. The Morgan fingerprint density at radius 3 is 2.05 bits per heavy atom. The van der Waals surface area contributed by atoms with Gasteiger partial charge in [-0.1, -0.05) is 12.1 Å². The minimum Gasteiger partial charge on any atom is -0.444 e. The van der Waals surface area contributed by atoms with Crippen molar-refractivity contribution >= 4 is 11.8 Å². The van der Waals surface area contributed by atoms with Gasteiger partial charge in [-0.2, -0.15) is 0 Å². The van der Waals surface area contributed by atoms with E-state index in [-0.39, 0.29) is 5.54 Å². The maximum Gasteiger partial charge on any atom is 0.407 e. The van der Waals surface area contributed by atoms with Gasteiger partial charge < -0.3 is 15.4 Å². The average Bonchev–Trinajstić information content (AvgIpc) is 2.23. The van der Waals surface area contributed by atoms with Gasteiger partial charge in [-0.25, -0.2) is 4.79 Å². The van der Waals surface area contributed by atoms with Gasteiger partial charge in [0.25, 0.3) is 0 Å². The van der Waals surface area contributed by atoms with Crippen LogP contribution >= 0.6 is 0 Å². The Hall–Kier alpha value is -1.71. The van der Waals surface area contributed by atoms with E-state index in [2.05, 4.69) is 31.4 Å². The second-order valence-electron chi connectivity index (χ2n) is 6.93. The molecule has 0 saturated carbocycles. The monoisotopic (exact) mass is 278 g/mol. The van der Waals surface area contributed by atoms with E-state index in [1.165, 1.54) is 0 Å². The van der Waals surface area contributed by atoms with Gasteiger partial charge in [0.05, 0.1) is 0 Å². The van der Waals surface area contributed by atoms with Crippen LogP contribution in [-0.4, -0.2) is 17.2 Å². The van der Waals surface area contributed by atoms with Crippen molar-refractivity contribution in [3.05, 3.63) is 29.8 Å². The number of hydrogen-bond acceptors (Lipinski definition) is 3. The summed E-state index contributed by atoms with van der Waals surface area (Å²) in [7, 11) is 0. The molecule has 0 saturated heterocycles. The first kappa shape index (κ1) is 16.3. The summed E-state index contributed by atoms with van der Waals surface area (Å²) >= 11 is 0. The molecule has 4 heteroatoms. The van der Waals surface area contributed by atoms with E-state index >= 15 is 0 Å². The Kier molecular flexibility index (Phi) is 5.03. The molecule has 0 heterocycles. The van der Waals surface area contributed by atoms with Crippen molar-refractivity contribution < 1.29 is 9.53 Å². The standard InChI is InChI=1S/C16H26N2O2/c1-15(2,3)18-13-9-7-12(8-10-13)11-17-14(19)20-16(4,5)6/h7-10,18H,11H2,1-6H3,(H,17,19). The summed E-state index contributed by atoms with van der Waals surface area (Å²) in [5, 5.41) is 6.13. The molecule has 0 unspecified atom stereocenters. The summed E-state index contributed by atoms with van der Waals surface area (Å²) in [5.41, 5.74) is 1.68. The largest absolute Gasteiger partial charge is 0.444 e. The molecule has 0 aliphatic heterocycles. The Balaban J connectivity index is 2.48. The summed E-state index contributed by atoms with van der Waals surface area (Å²) in [4.78, 5) is 11.5. The van der Waals surface area contributed by atoms with Crippen molar-refractivity contribution in [1.82, 2.24) is 5.32 Å². The average molecular weight is 278 g/mol. The molecule has 0 bridgehead atoms. The van der Waals surface area contributed by atoms with Gasteiger partial charge in [-0.3, -0.25) is 0 Å². The van der Waals surface area contributed by atoms with Gasteiger partial charge in [0.2, 0.25) is 0 Å². The summed E-state index contributed by atoms with van der Waals surface area (Å²) in [5.74, 6) is 0. The number of ether oxygens (including phenoxy) is 1. The van der Waals surface area contributed by atoms with Crippen molar-refractivity contribution in [3.63, 3.8) is 0 Å². The first-order chi connectivity index (χ1) is 9.05. The highest BCUT2D eigenvalue weighted by atomic mass is 16.6. The smallest absolute Gasteiger partial charge is 0.407 e. The highest BCUT2D eigenvalue weighted by molar-refractivity contribution is 5.67. The predicted octanol–water partition coefficient (Wildman–Crippen LogP) is 3.92. The van der Waals surface area contributed by atoms with Crippen molar-refractivity contribution in [2.75, 3.05) is 5.32 Å². The fourth-order valence-corrected chi connectivity index (χ4v) is 1.63. The van der Waals surface area contributed by atoms with E-state index in [0.717, 1.165) is 11.3 Å². The van der Waals surface area contributed by atoms with E-state index in [1.807, 2.05) is 45.0 Å². The quantitative estimate of drug-likeness (QED) is 0.881. The van der Waals surface area contributed by atoms with Gasteiger partial charge in [-0.05, 0) is 59.2 Å². The zero-order valence-electron chi connectivity index (χ0n) is 13.3. The third-order valence-corrected chi connectivity index (χ3v) is 2.31. The normalized spacial score (nSPS) is 11.9. The lowest BCUT2D eigenvalue weighted by Crippen LogP contribution is -2.32. The van der Waals surface area contributed by atoms with Crippen LogP contribution in [0.5, 0.6) is 0 Å². The molecule has 0 aliphatic carbocycles. The zero-order chi connectivity index (χ0) is 15.4. The Morgan fingerprint density at radius 1 is 1.05 bits per heavy atom. The highest BCUT2D eigenvalue weighted by Crippen LogP contribution is 2.15. The number of benzene rings is 1. The number of amides is 1. The molecule has 1 aromatic rings. The number of nitrogens with one attached hydrogen (secondary N) is 2. The van der Waals surface area contributed by atoms with E-state index in [4.69, 9.17) is 4.74 Å². The van der Waals surface area contributed by atoms with E-state index < -0.39 is 11.7 Å². The van der Waals surface area contributed by atoms with Crippen LogP contribution < -0.4 is 10.6 Å². The summed E-state index contributed by atoms with van der Waals surface area (Å²) in [6, 6.07) is 8.01. The van der Waals surface area contributed by atoms with Crippen molar-refractivity contribution in [2.45, 2.75) is 59.2 Å². The molecule has 1 rings (SSSR count). The number of carbonyl (C=O) groups is 1. The lowest BCUT2D eigenvalue weighted by atomic mass is 10.1. The van der Waals surface area contributed by atoms with Gasteiger partial charge in [0.1, 0.15) is 5.60 Å². The first-order valence-electron chi connectivity index (χ1n) is 6.89. The molecule has 0 aliphatic rings. The minimum absolute atomic E-state index is 0.0380. The number of carbonyl (C=O) groups excluding carboxylic acids is 1. The van der Waals surface area contributed by atoms with Crippen LogP contribution in [0.1, 0.15) is 47.1 Å². The molecular weight excluding hydrogens is 252 g/mol. The van der Waals surface area contributed by atoms with Crippen LogP contribution in [0.15, 0.2) is 24.3 Å². The lowest BCUT2D eigenvalue weighted by Gasteiger charge is -2.22. The number of rotatable bonds is 3. The molecule has 0 spiro atoms. The van der Waals surface area contributed by atoms with Crippen LogP contribution in [0.2, 0.25) is 0 Å². The lowest BCUT2D eigenvalue weighted by molar-refractivity contribution is 0.0523. The number of alkyl carbamates (subject to hydrolysis) is 1. The number of hydrogen-bond donors (Lipinski definition) is 2. The van der Waals surface area contributed by atoms with Gasteiger partial charge in [0, 0.05) is 17.8 Å². The van der Waals surface area contributed by atoms with E-state index in [0.29, 0.717) is 6.54 Å². The van der Waals surface area contributed by atoms with E-state index in [1.54, 1.807) is 0 Å². The van der Waals surface area contributed by atoms with Gasteiger partial charge in [0.15, 0.2) is 0 Å². The minimum atomic E-state index is -0.468. The molecule has 1 amide bonds. The molecule has 0 radical (unpaired) electrons. The van der Waals surface area contributed by atoms with Crippen molar-refractivity contribution in [3.8, 4) is 0 Å². The molecule has 0 fully saturated rings. The number of anilines is 1. The van der Waals surface area contributed by atoms with Crippen LogP contribution in [0.4, 0.5) is 10.5 Å². The van der Waals surface area contributed by atoms with Crippen LogP contribution in [-0.2, 0) is 11.3 Å². The fraction of sp³-hybridized carbons (Fsp3) is 0.562. The molecule has 2 N–H and O–H groups in total.